The Morgan fingerprint density at radius 1 is 1.25 bits per heavy atom. The summed E-state index contributed by atoms with van der Waals surface area (Å²) >= 11 is 13.9. The highest BCUT2D eigenvalue weighted by Gasteiger charge is 2.47. The molecule has 1 spiro atoms. The lowest BCUT2D eigenvalue weighted by atomic mass is 9.73. The Kier molecular flexibility index (Phi) is 9.89. The molecule has 2 fully saturated rings. The number of halogens is 2. The molecule has 1 aromatic heterocycles. The van der Waals surface area contributed by atoms with Gasteiger partial charge in [0.1, 0.15) is 10.7 Å². The number of aliphatic hydroxyl groups is 1. The number of aromatic nitrogens is 2. The molecule has 0 unspecified atom stereocenters. The molecule has 4 rings (SSSR count). The zero-order valence-electron chi connectivity index (χ0n) is 18.1. The molecule has 2 atom stereocenters. The average Bonchev–Trinajstić information content (AvgIpc) is 3.01. The van der Waals surface area contributed by atoms with Gasteiger partial charge in [0, 0.05) is 29.4 Å². The summed E-state index contributed by atoms with van der Waals surface area (Å²) in [6, 6.07) is 5.55. The second kappa shape index (κ2) is 11.4. The summed E-state index contributed by atoms with van der Waals surface area (Å²) in [5.41, 5.74) is 7.83. The molecule has 2 aromatic rings. The van der Waals surface area contributed by atoms with Crippen molar-refractivity contribution >= 4 is 67.8 Å². The van der Waals surface area contributed by atoms with Crippen molar-refractivity contribution in [3.8, 4) is 0 Å². The summed E-state index contributed by atoms with van der Waals surface area (Å²) in [4.78, 5) is 12.5. The first-order chi connectivity index (χ1) is 14.3. The molecule has 32 heavy (non-hydrogen) atoms. The number of hydrogen-bond acceptors (Lipinski definition) is 7. The molecule has 0 aliphatic carbocycles. The Bertz CT molecular complexity index is 946. The van der Waals surface area contributed by atoms with E-state index in [9.17, 15) is 5.11 Å². The van der Waals surface area contributed by atoms with E-state index >= 15 is 0 Å². The Balaban J connectivity index is 0.00000181. The van der Waals surface area contributed by atoms with Gasteiger partial charge in [-0.1, -0.05) is 41.0 Å². The van der Waals surface area contributed by atoms with Crippen LogP contribution in [0.25, 0.3) is 0 Å². The number of nitrogens with two attached hydrogens (primary N) is 1. The lowest BCUT2D eigenvalue weighted by molar-refractivity contribution is 0.0973. The van der Waals surface area contributed by atoms with Crippen LogP contribution in [0.2, 0.25) is 10.0 Å². The van der Waals surface area contributed by atoms with Crippen molar-refractivity contribution in [2.24, 2.45) is 11.1 Å². The van der Waals surface area contributed by atoms with Crippen LogP contribution in [0.5, 0.6) is 0 Å². The van der Waals surface area contributed by atoms with Crippen LogP contribution in [0.1, 0.15) is 31.2 Å². The smallest absolute Gasteiger partial charge is 0.153 e. The Morgan fingerprint density at radius 2 is 1.94 bits per heavy atom. The highest BCUT2D eigenvalue weighted by atomic mass is 35.5. The van der Waals surface area contributed by atoms with Gasteiger partial charge < -0.3 is 20.5 Å². The third-order valence-electron chi connectivity index (χ3n) is 6.26. The molecule has 2 aliphatic heterocycles. The standard InChI is InChI=1S/C21H26Cl2N4O2S.2H2S/c1-12-20(30-16-5-3-4-14(22)17(16)23)26-15(10-28)19(25-12)27-8-6-21(7-9-27)11-29-13(2)18(21)24;;/h3-5,13,18,28H,6-11,24H2,1-2H3;2*1H2/t13-,18+;;/m0../s1. The molecular formula is C21H30Cl2N4O2S3. The Hall–Kier alpha value is -0.390. The Labute approximate surface area is 217 Å². The predicted molar refractivity (Wildman–Crippen MR) is 141 cm³/mol. The van der Waals surface area contributed by atoms with Gasteiger partial charge in [0.05, 0.1) is 35.1 Å². The van der Waals surface area contributed by atoms with Crippen LogP contribution in [-0.2, 0) is 11.3 Å². The van der Waals surface area contributed by atoms with Crippen molar-refractivity contribution < 1.29 is 9.84 Å². The lowest BCUT2D eigenvalue weighted by Gasteiger charge is -2.42. The van der Waals surface area contributed by atoms with E-state index in [1.165, 1.54) is 11.8 Å². The number of nitrogens with zero attached hydrogens (tertiary/aromatic N) is 3. The highest BCUT2D eigenvalue weighted by Crippen LogP contribution is 2.43. The number of aryl methyl sites for hydroxylation is 1. The van der Waals surface area contributed by atoms with Gasteiger partial charge in [-0.2, -0.15) is 27.0 Å². The predicted octanol–water partition coefficient (Wildman–Crippen LogP) is 4.29. The maximum Gasteiger partial charge on any atom is 0.153 e. The first-order valence-electron chi connectivity index (χ1n) is 10.1. The molecule has 3 heterocycles. The first-order valence-corrected chi connectivity index (χ1v) is 11.6. The van der Waals surface area contributed by atoms with E-state index in [4.69, 9.17) is 43.6 Å². The molecule has 2 saturated heterocycles. The molecule has 0 amide bonds. The van der Waals surface area contributed by atoms with E-state index in [1.807, 2.05) is 26.0 Å². The average molecular weight is 538 g/mol. The number of piperidine rings is 1. The molecule has 1 aromatic carbocycles. The van der Waals surface area contributed by atoms with Crippen LogP contribution in [0.4, 0.5) is 5.82 Å². The van der Waals surface area contributed by atoms with Crippen molar-refractivity contribution in [3.05, 3.63) is 39.6 Å². The summed E-state index contributed by atoms with van der Waals surface area (Å²) in [7, 11) is 0. The van der Waals surface area contributed by atoms with E-state index in [1.54, 1.807) is 6.07 Å². The Morgan fingerprint density at radius 3 is 2.53 bits per heavy atom. The summed E-state index contributed by atoms with van der Waals surface area (Å²) in [6.45, 7) is 6.14. The monoisotopic (exact) mass is 536 g/mol. The van der Waals surface area contributed by atoms with Gasteiger partial charge in [0.15, 0.2) is 5.82 Å². The van der Waals surface area contributed by atoms with Crippen LogP contribution >= 0.6 is 62.0 Å². The van der Waals surface area contributed by atoms with Gasteiger partial charge in [-0.3, -0.25) is 0 Å². The third kappa shape index (κ3) is 5.30. The molecule has 2 aliphatic rings. The molecule has 0 saturated carbocycles. The molecule has 178 valence electrons. The van der Waals surface area contributed by atoms with Gasteiger partial charge in [0.2, 0.25) is 0 Å². The van der Waals surface area contributed by atoms with Crippen LogP contribution in [0.15, 0.2) is 28.1 Å². The van der Waals surface area contributed by atoms with Crippen molar-refractivity contribution in [1.82, 2.24) is 9.97 Å². The van der Waals surface area contributed by atoms with E-state index in [2.05, 4.69) is 4.90 Å². The third-order valence-corrected chi connectivity index (χ3v) is 8.33. The number of aliphatic hydroxyl groups excluding tert-OH is 1. The SMILES string of the molecule is Cc1nc(N2CCC3(CC2)CO[C@@H](C)[C@H]3N)c(CO)nc1Sc1cccc(Cl)c1Cl.S.S. The van der Waals surface area contributed by atoms with Crippen LogP contribution in [-0.4, -0.2) is 46.9 Å². The maximum absolute atomic E-state index is 9.99. The maximum atomic E-state index is 9.99. The van der Waals surface area contributed by atoms with Crippen molar-refractivity contribution in [2.45, 2.75) is 55.4 Å². The topological polar surface area (TPSA) is 84.5 Å². The fourth-order valence-corrected chi connectivity index (χ4v) is 5.66. The molecule has 6 nitrogen and oxygen atoms in total. The number of ether oxygens (including phenoxy) is 1. The van der Waals surface area contributed by atoms with Gasteiger partial charge in [-0.15, -0.1) is 0 Å². The van der Waals surface area contributed by atoms with E-state index < -0.39 is 0 Å². The second-order valence-electron chi connectivity index (χ2n) is 8.09. The van der Waals surface area contributed by atoms with Gasteiger partial charge in [0.25, 0.3) is 0 Å². The first kappa shape index (κ1) is 27.9. The second-order valence-corrected chi connectivity index (χ2v) is 9.90. The van der Waals surface area contributed by atoms with Crippen molar-refractivity contribution in [3.63, 3.8) is 0 Å². The molecular weight excluding hydrogens is 507 g/mol. The highest BCUT2D eigenvalue weighted by molar-refractivity contribution is 7.99. The van der Waals surface area contributed by atoms with E-state index in [0.717, 1.165) is 48.9 Å². The minimum atomic E-state index is -0.180. The summed E-state index contributed by atoms with van der Waals surface area (Å²) < 4.78 is 5.82. The number of hydrogen-bond donors (Lipinski definition) is 2. The van der Waals surface area contributed by atoms with Crippen molar-refractivity contribution in [1.29, 1.82) is 0 Å². The van der Waals surface area contributed by atoms with E-state index in [0.29, 0.717) is 20.8 Å². The largest absolute Gasteiger partial charge is 0.390 e. The number of benzene rings is 1. The van der Waals surface area contributed by atoms with E-state index in [-0.39, 0.29) is 51.2 Å². The van der Waals surface area contributed by atoms with Crippen LogP contribution < -0.4 is 10.6 Å². The number of rotatable bonds is 4. The fraction of sp³-hybridized carbons (Fsp3) is 0.524. The van der Waals surface area contributed by atoms with Gasteiger partial charge in [-0.25, -0.2) is 9.97 Å². The quantitative estimate of drug-likeness (QED) is 0.602. The van der Waals surface area contributed by atoms with Crippen LogP contribution in [0.3, 0.4) is 0 Å². The molecule has 3 N–H and O–H groups in total. The summed E-state index contributed by atoms with van der Waals surface area (Å²) in [6.07, 6.45) is 1.98. The lowest BCUT2D eigenvalue weighted by Crippen LogP contribution is -2.51. The van der Waals surface area contributed by atoms with Crippen molar-refractivity contribution in [2.75, 3.05) is 24.6 Å². The zero-order valence-corrected chi connectivity index (χ0v) is 22.4. The molecule has 11 heteroatoms. The molecule has 0 bridgehead atoms. The zero-order chi connectivity index (χ0) is 21.5. The molecule has 0 radical (unpaired) electrons. The van der Waals surface area contributed by atoms with Gasteiger partial charge >= 0.3 is 0 Å². The summed E-state index contributed by atoms with van der Waals surface area (Å²) in [5.74, 6) is 0.743. The number of anilines is 1. The fourth-order valence-electron chi connectivity index (χ4n) is 4.28. The van der Waals surface area contributed by atoms with Gasteiger partial charge in [-0.05, 0) is 38.8 Å². The normalized spacial score (nSPS) is 21.9. The van der Waals surface area contributed by atoms with Crippen LogP contribution in [0, 0.1) is 12.3 Å². The summed E-state index contributed by atoms with van der Waals surface area (Å²) in [5, 5.41) is 11.7. The minimum absolute atomic E-state index is 0. The minimum Gasteiger partial charge on any atom is -0.390 e.